The molecular formula is C27H55N7O2. The molecule has 2 amide bonds. The van der Waals surface area contributed by atoms with E-state index in [1.54, 1.807) is 0 Å². The van der Waals surface area contributed by atoms with Crippen molar-refractivity contribution in [1.29, 1.82) is 0 Å². The van der Waals surface area contributed by atoms with E-state index in [0.29, 0.717) is 13.1 Å². The number of nitrogens with one attached hydrogen (secondary N) is 4. The molecule has 0 aliphatic carbocycles. The monoisotopic (exact) mass is 509 g/mol. The van der Waals surface area contributed by atoms with Crippen LogP contribution in [-0.2, 0) is 9.59 Å². The van der Waals surface area contributed by atoms with Crippen LogP contribution >= 0.6 is 0 Å². The smallest absolute Gasteiger partial charge is 0.234 e. The summed E-state index contributed by atoms with van der Waals surface area (Å²) in [7, 11) is 0. The van der Waals surface area contributed by atoms with E-state index in [9.17, 15) is 9.59 Å². The predicted octanol–water partition coefficient (Wildman–Crippen LogP) is 1.23. The van der Waals surface area contributed by atoms with Gasteiger partial charge >= 0.3 is 0 Å². The van der Waals surface area contributed by atoms with Crippen LogP contribution in [0.5, 0.6) is 0 Å². The van der Waals surface area contributed by atoms with Crippen LogP contribution in [-0.4, -0.2) is 115 Å². The summed E-state index contributed by atoms with van der Waals surface area (Å²) in [6.45, 7) is 30.5. The van der Waals surface area contributed by atoms with Crippen LogP contribution in [0.4, 0.5) is 0 Å². The van der Waals surface area contributed by atoms with Crippen molar-refractivity contribution in [1.82, 2.24) is 36.0 Å². The highest BCUT2D eigenvalue weighted by Gasteiger charge is 2.21. The maximum atomic E-state index is 12.8. The normalized spacial score (nSPS) is 18.6. The van der Waals surface area contributed by atoms with Gasteiger partial charge in [0.25, 0.3) is 0 Å². The summed E-state index contributed by atoms with van der Waals surface area (Å²) >= 11 is 0. The Kier molecular flexibility index (Phi) is 12.9. The van der Waals surface area contributed by atoms with E-state index >= 15 is 0 Å². The highest BCUT2D eigenvalue weighted by molar-refractivity contribution is 5.79. The summed E-state index contributed by atoms with van der Waals surface area (Å²) in [5, 5.41) is 13.2. The highest BCUT2D eigenvalue weighted by Crippen LogP contribution is 2.06. The van der Waals surface area contributed by atoms with E-state index in [0.717, 1.165) is 64.6 Å². The fraction of sp³-hybridized carbons (Fsp3) is 0.852. The molecule has 9 nitrogen and oxygen atoms in total. The van der Waals surface area contributed by atoms with Gasteiger partial charge in [-0.25, -0.2) is 0 Å². The molecule has 9 heteroatoms. The average molecular weight is 510 g/mol. The third-order valence-corrected chi connectivity index (χ3v) is 5.40. The Morgan fingerprint density at radius 3 is 1.31 bits per heavy atom. The van der Waals surface area contributed by atoms with Crippen molar-refractivity contribution in [2.75, 3.05) is 72.0 Å². The molecule has 0 spiro atoms. The van der Waals surface area contributed by atoms with Crippen molar-refractivity contribution in [3.05, 3.63) is 12.3 Å². The molecule has 0 saturated carbocycles. The Balaban J connectivity index is 2.89. The number of nitrogens with zero attached hydrogens (tertiary/aromatic N) is 3. The summed E-state index contributed by atoms with van der Waals surface area (Å²) in [4.78, 5) is 32.1. The number of carbonyl (C=O) groups is 2. The number of amides is 2. The Morgan fingerprint density at radius 1 is 0.611 bits per heavy atom. The summed E-state index contributed by atoms with van der Waals surface area (Å²) in [5.41, 5.74) is 0.451. The van der Waals surface area contributed by atoms with E-state index in [1.807, 2.05) is 41.5 Å². The second-order valence-electron chi connectivity index (χ2n) is 13.2. The van der Waals surface area contributed by atoms with Crippen LogP contribution in [0.25, 0.3) is 0 Å². The minimum atomic E-state index is -0.269. The van der Waals surface area contributed by atoms with Gasteiger partial charge in [-0.3, -0.25) is 24.3 Å². The Hall–Kier alpha value is -1.68. The van der Waals surface area contributed by atoms with Crippen LogP contribution in [0.1, 0.15) is 62.3 Å². The molecule has 1 rings (SSSR count). The van der Waals surface area contributed by atoms with E-state index in [-0.39, 0.29) is 28.4 Å². The van der Waals surface area contributed by atoms with Gasteiger partial charge in [-0.15, -0.1) is 0 Å². The highest BCUT2D eigenvalue weighted by atomic mass is 16.2. The van der Waals surface area contributed by atoms with Gasteiger partial charge in [-0.2, -0.15) is 0 Å². The van der Waals surface area contributed by atoms with Crippen molar-refractivity contribution < 1.29 is 9.59 Å². The first-order valence-corrected chi connectivity index (χ1v) is 13.4. The number of hydrogen-bond donors (Lipinski definition) is 4. The van der Waals surface area contributed by atoms with Crippen molar-refractivity contribution in [3.63, 3.8) is 0 Å². The molecule has 36 heavy (non-hydrogen) atoms. The van der Waals surface area contributed by atoms with Gasteiger partial charge in [0.05, 0.1) is 13.1 Å². The van der Waals surface area contributed by atoms with Crippen molar-refractivity contribution in [2.45, 2.75) is 78.9 Å². The van der Waals surface area contributed by atoms with Crippen molar-refractivity contribution in [3.8, 4) is 0 Å². The molecular weight excluding hydrogens is 454 g/mol. The molecule has 1 aliphatic heterocycles. The van der Waals surface area contributed by atoms with E-state index < -0.39 is 0 Å². The maximum Gasteiger partial charge on any atom is 0.234 e. The van der Waals surface area contributed by atoms with Gasteiger partial charge < -0.3 is 21.3 Å². The molecule has 1 fully saturated rings. The fourth-order valence-corrected chi connectivity index (χ4v) is 4.14. The van der Waals surface area contributed by atoms with Gasteiger partial charge in [0, 0.05) is 81.2 Å². The Bertz CT molecular complexity index is 660. The molecule has 0 atom stereocenters. The number of hydrogen-bond acceptors (Lipinski definition) is 7. The lowest BCUT2D eigenvalue weighted by Crippen LogP contribution is -2.52. The largest absolute Gasteiger partial charge is 0.383 e. The Morgan fingerprint density at radius 2 is 0.944 bits per heavy atom. The molecule has 1 aliphatic rings. The SMILES string of the molecule is C=C(CN1CCNCCN(CC(=O)NC(C)(C)C)CCN(CC(=O)NC(C)(C)C)CC1)NC(C)(C)C. The van der Waals surface area contributed by atoms with Crippen LogP contribution in [0, 0.1) is 0 Å². The second-order valence-corrected chi connectivity index (χ2v) is 13.2. The van der Waals surface area contributed by atoms with Crippen molar-refractivity contribution >= 4 is 11.8 Å². The number of rotatable bonds is 7. The lowest BCUT2D eigenvalue weighted by atomic mass is 10.1. The molecule has 0 aromatic heterocycles. The number of carbonyl (C=O) groups excluding carboxylic acids is 2. The van der Waals surface area contributed by atoms with Crippen LogP contribution in [0.2, 0.25) is 0 Å². The molecule has 0 aromatic carbocycles. The van der Waals surface area contributed by atoms with E-state index in [1.165, 1.54) is 0 Å². The maximum absolute atomic E-state index is 12.8. The summed E-state index contributed by atoms with van der Waals surface area (Å²) in [6, 6.07) is 0. The first kappa shape index (κ1) is 32.3. The minimum absolute atomic E-state index is 0.0261. The van der Waals surface area contributed by atoms with E-state index in [2.05, 4.69) is 63.3 Å². The third kappa shape index (κ3) is 16.9. The van der Waals surface area contributed by atoms with Crippen LogP contribution in [0.3, 0.4) is 0 Å². The minimum Gasteiger partial charge on any atom is -0.383 e. The van der Waals surface area contributed by atoms with Gasteiger partial charge in [0.1, 0.15) is 0 Å². The zero-order valence-corrected chi connectivity index (χ0v) is 24.6. The van der Waals surface area contributed by atoms with Crippen LogP contribution < -0.4 is 21.3 Å². The Labute approximate surface area is 220 Å². The average Bonchev–Trinajstić information content (AvgIpc) is 2.63. The zero-order chi connectivity index (χ0) is 27.6. The van der Waals surface area contributed by atoms with Gasteiger partial charge in [-0.1, -0.05) is 6.58 Å². The molecule has 0 aromatic rings. The van der Waals surface area contributed by atoms with Gasteiger partial charge in [0.15, 0.2) is 0 Å². The fourth-order valence-electron chi connectivity index (χ4n) is 4.14. The predicted molar refractivity (Wildman–Crippen MR) is 150 cm³/mol. The van der Waals surface area contributed by atoms with E-state index in [4.69, 9.17) is 0 Å². The molecule has 4 N–H and O–H groups in total. The molecule has 1 heterocycles. The lowest BCUT2D eigenvalue weighted by molar-refractivity contribution is -0.125. The first-order chi connectivity index (χ1) is 16.4. The standard InChI is InChI=1S/C27H55N7O2/c1-22(29-25(2,3)4)19-32-13-11-28-12-14-33(20-23(35)30-26(5,6)7)16-18-34(17-15-32)21-24(36)31-27(8,9)10/h28-29H,1,11-21H2,2-10H3,(H,30,35)(H,31,36). The second kappa shape index (κ2) is 14.3. The molecule has 210 valence electrons. The third-order valence-electron chi connectivity index (χ3n) is 5.40. The summed E-state index contributed by atoms with van der Waals surface area (Å²) in [6.07, 6.45) is 0. The van der Waals surface area contributed by atoms with Gasteiger partial charge in [0.2, 0.25) is 11.8 Å². The molecule has 0 radical (unpaired) electrons. The lowest BCUT2D eigenvalue weighted by Gasteiger charge is -2.33. The van der Waals surface area contributed by atoms with Gasteiger partial charge in [-0.05, 0) is 62.3 Å². The zero-order valence-electron chi connectivity index (χ0n) is 24.6. The quantitative estimate of drug-likeness (QED) is 0.410. The van der Waals surface area contributed by atoms with Crippen molar-refractivity contribution in [2.24, 2.45) is 0 Å². The topological polar surface area (TPSA) is 92.0 Å². The summed E-state index contributed by atoms with van der Waals surface area (Å²) < 4.78 is 0. The first-order valence-electron chi connectivity index (χ1n) is 13.4. The summed E-state index contributed by atoms with van der Waals surface area (Å²) in [5.74, 6) is 0.0568. The molecule has 1 saturated heterocycles. The molecule has 0 unspecified atom stereocenters. The van der Waals surface area contributed by atoms with Crippen LogP contribution in [0.15, 0.2) is 12.3 Å². The molecule has 0 bridgehead atoms.